The number of hydrogen-bond donors (Lipinski definition) is 2. The fourth-order valence-corrected chi connectivity index (χ4v) is 2.13. The molecule has 3 aromatic rings. The summed E-state index contributed by atoms with van der Waals surface area (Å²) < 4.78 is 0. The van der Waals surface area contributed by atoms with E-state index in [2.05, 4.69) is 20.5 Å². The van der Waals surface area contributed by atoms with E-state index >= 15 is 0 Å². The highest BCUT2D eigenvalue weighted by Crippen LogP contribution is 2.15. The average molecular weight is 316 g/mol. The van der Waals surface area contributed by atoms with Crippen molar-refractivity contribution < 1.29 is 0 Å². The number of aromatic nitrogens is 2. The van der Waals surface area contributed by atoms with Crippen LogP contribution in [-0.4, -0.2) is 16.2 Å². The van der Waals surface area contributed by atoms with E-state index < -0.39 is 0 Å². The van der Waals surface area contributed by atoms with Gasteiger partial charge in [-0.15, -0.1) is 0 Å². The third-order valence-electron chi connectivity index (χ3n) is 3.23. The van der Waals surface area contributed by atoms with Gasteiger partial charge in [-0.25, -0.2) is 10.4 Å². The fraction of sp³-hybridized carbons (Fsp3) is 0. The van der Waals surface area contributed by atoms with Crippen LogP contribution >= 0.6 is 0 Å². The van der Waals surface area contributed by atoms with Crippen LogP contribution in [0.1, 0.15) is 5.56 Å². The molecule has 0 saturated heterocycles. The maximum atomic E-state index is 11.8. The molecule has 5 heteroatoms. The molecule has 24 heavy (non-hydrogen) atoms. The van der Waals surface area contributed by atoms with Crippen LogP contribution in [0.4, 0.5) is 5.95 Å². The largest absolute Gasteiger partial charge is 0.291 e. The number of rotatable bonds is 5. The van der Waals surface area contributed by atoms with Crippen molar-refractivity contribution >= 4 is 18.2 Å². The zero-order valence-electron chi connectivity index (χ0n) is 12.9. The lowest BCUT2D eigenvalue weighted by atomic mass is 10.1. The lowest BCUT2D eigenvalue weighted by molar-refractivity contribution is 1.09. The normalized spacial score (nSPS) is 11.2. The van der Waals surface area contributed by atoms with E-state index in [0.717, 1.165) is 11.1 Å². The summed E-state index contributed by atoms with van der Waals surface area (Å²) in [6.07, 6.45) is 5.34. The molecule has 0 fully saturated rings. The molecular weight excluding hydrogens is 300 g/mol. The van der Waals surface area contributed by atoms with Crippen molar-refractivity contribution in [2.24, 2.45) is 5.10 Å². The fourth-order valence-electron chi connectivity index (χ4n) is 2.13. The highest BCUT2D eigenvalue weighted by atomic mass is 16.1. The van der Waals surface area contributed by atoms with E-state index in [9.17, 15) is 4.79 Å². The Bertz CT molecular complexity index is 899. The maximum absolute atomic E-state index is 11.8. The summed E-state index contributed by atoms with van der Waals surface area (Å²) in [5.41, 5.74) is 5.05. The SMILES string of the molecule is O=c1cc(-c2ccccc2)nc(NN=C/C=C/c2ccccc2)[nH]1. The second kappa shape index (κ2) is 7.69. The Morgan fingerprint density at radius 3 is 2.46 bits per heavy atom. The van der Waals surface area contributed by atoms with Crippen LogP contribution in [0.25, 0.3) is 17.3 Å². The van der Waals surface area contributed by atoms with Crippen LogP contribution in [0.3, 0.4) is 0 Å². The first-order valence-corrected chi connectivity index (χ1v) is 7.49. The predicted octanol–water partition coefficient (Wildman–Crippen LogP) is 3.55. The number of aromatic amines is 1. The van der Waals surface area contributed by atoms with Crippen LogP contribution in [0.15, 0.2) is 82.7 Å². The summed E-state index contributed by atoms with van der Waals surface area (Å²) in [4.78, 5) is 18.7. The molecule has 0 aliphatic heterocycles. The number of H-pyrrole nitrogens is 1. The molecule has 0 atom stereocenters. The number of nitrogens with zero attached hydrogens (tertiary/aromatic N) is 2. The first-order valence-electron chi connectivity index (χ1n) is 7.49. The molecule has 0 unspecified atom stereocenters. The zero-order valence-corrected chi connectivity index (χ0v) is 12.9. The molecule has 0 aliphatic carbocycles. The van der Waals surface area contributed by atoms with E-state index in [0.29, 0.717) is 11.6 Å². The second-order valence-electron chi connectivity index (χ2n) is 5.01. The van der Waals surface area contributed by atoms with Crippen molar-refractivity contribution in [3.63, 3.8) is 0 Å². The summed E-state index contributed by atoms with van der Waals surface area (Å²) >= 11 is 0. The molecule has 2 N–H and O–H groups in total. The molecule has 0 radical (unpaired) electrons. The van der Waals surface area contributed by atoms with Gasteiger partial charge in [0.25, 0.3) is 5.56 Å². The van der Waals surface area contributed by atoms with Crippen molar-refractivity contribution in [2.75, 3.05) is 5.43 Å². The highest BCUT2D eigenvalue weighted by Gasteiger charge is 2.02. The number of benzene rings is 2. The minimum absolute atomic E-state index is 0.235. The van der Waals surface area contributed by atoms with Gasteiger partial charge in [-0.3, -0.25) is 9.78 Å². The number of nitrogens with one attached hydrogen (secondary N) is 2. The first-order chi connectivity index (χ1) is 11.8. The Kier molecular flexibility index (Phi) is 4.94. The van der Waals surface area contributed by atoms with Crippen LogP contribution in [0, 0.1) is 0 Å². The second-order valence-corrected chi connectivity index (χ2v) is 5.01. The zero-order chi connectivity index (χ0) is 16.6. The van der Waals surface area contributed by atoms with Gasteiger partial charge in [-0.1, -0.05) is 66.7 Å². The number of hydrogen-bond acceptors (Lipinski definition) is 4. The van der Waals surface area contributed by atoms with Gasteiger partial charge in [0.1, 0.15) is 0 Å². The van der Waals surface area contributed by atoms with Gasteiger partial charge in [0.15, 0.2) is 0 Å². The molecule has 118 valence electrons. The number of allylic oxidation sites excluding steroid dienone is 1. The molecule has 5 nitrogen and oxygen atoms in total. The van der Waals surface area contributed by atoms with Crippen molar-refractivity contribution in [1.82, 2.24) is 9.97 Å². The molecule has 0 spiro atoms. The molecule has 0 aliphatic rings. The van der Waals surface area contributed by atoms with Crippen LogP contribution in [0.5, 0.6) is 0 Å². The van der Waals surface area contributed by atoms with Crippen molar-refractivity contribution in [2.45, 2.75) is 0 Å². The molecule has 0 saturated carbocycles. The van der Waals surface area contributed by atoms with Gasteiger partial charge < -0.3 is 0 Å². The first kappa shape index (κ1) is 15.4. The molecular formula is C19H16N4O. The van der Waals surface area contributed by atoms with Gasteiger partial charge in [-0.2, -0.15) is 5.10 Å². The van der Waals surface area contributed by atoms with Gasteiger partial charge in [0.05, 0.1) is 5.69 Å². The van der Waals surface area contributed by atoms with Gasteiger partial charge in [0, 0.05) is 17.8 Å². The van der Waals surface area contributed by atoms with Gasteiger partial charge in [-0.05, 0) is 11.6 Å². The van der Waals surface area contributed by atoms with Crippen molar-refractivity contribution in [1.29, 1.82) is 0 Å². The Balaban J connectivity index is 1.69. The Morgan fingerprint density at radius 1 is 1.00 bits per heavy atom. The van der Waals surface area contributed by atoms with Crippen LogP contribution < -0.4 is 11.0 Å². The van der Waals surface area contributed by atoms with Crippen molar-refractivity contribution in [3.05, 3.63) is 88.7 Å². The molecule has 1 aromatic heterocycles. The Labute approximate surface area is 139 Å². The molecule has 0 amide bonds. The molecule has 1 heterocycles. The number of anilines is 1. The summed E-state index contributed by atoms with van der Waals surface area (Å²) in [6.45, 7) is 0. The van der Waals surface area contributed by atoms with Crippen LogP contribution in [0.2, 0.25) is 0 Å². The molecule has 2 aromatic carbocycles. The smallest absolute Gasteiger partial charge is 0.252 e. The summed E-state index contributed by atoms with van der Waals surface area (Å²) in [5.74, 6) is 0.297. The third kappa shape index (κ3) is 4.27. The third-order valence-corrected chi connectivity index (χ3v) is 3.23. The van der Waals surface area contributed by atoms with Gasteiger partial charge >= 0.3 is 0 Å². The summed E-state index contributed by atoms with van der Waals surface area (Å²) in [6, 6.07) is 20.9. The molecule has 3 rings (SSSR count). The van der Waals surface area contributed by atoms with E-state index in [-0.39, 0.29) is 5.56 Å². The van der Waals surface area contributed by atoms with E-state index in [1.807, 2.05) is 72.8 Å². The lowest BCUT2D eigenvalue weighted by Gasteiger charge is -2.03. The Morgan fingerprint density at radius 2 is 1.71 bits per heavy atom. The minimum Gasteiger partial charge on any atom is -0.291 e. The Hall–Kier alpha value is -3.47. The van der Waals surface area contributed by atoms with E-state index in [1.54, 1.807) is 6.21 Å². The summed E-state index contributed by atoms with van der Waals surface area (Å²) in [5, 5.41) is 4.04. The van der Waals surface area contributed by atoms with Gasteiger partial charge in [0.2, 0.25) is 5.95 Å². The number of hydrazone groups is 1. The van der Waals surface area contributed by atoms with E-state index in [4.69, 9.17) is 0 Å². The lowest BCUT2D eigenvalue weighted by Crippen LogP contribution is -2.10. The standard InChI is InChI=1S/C19H16N4O/c24-18-14-17(16-11-5-2-6-12-16)21-19(22-18)23-20-13-7-10-15-8-3-1-4-9-15/h1-14H,(H2,21,22,23,24)/b10-7+,20-13?. The minimum atomic E-state index is -0.235. The van der Waals surface area contributed by atoms with E-state index in [1.165, 1.54) is 6.07 Å². The average Bonchev–Trinajstić information content (AvgIpc) is 2.63. The van der Waals surface area contributed by atoms with Crippen LogP contribution in [-0.2, 0) is 0 Å². The topological polar surface area (TPSA) is 70.1 Å². The summed E-state index contributed by atoms with van der Waals surface area (Å²) in [7, 11) is 0. The quantitative estimate of drug-likeness (QED) is 0.558. The predicted molar refractivity (Wildman–Crippen MR) is 97.9 cm³/mol. The highest BCUT2D eigenvalue weighted by molar-refractivity contribution is 5.78. The maximum Gasteiger partial charge on any atom is 0.252 e. The van der Waals surface area contributed by atoms with Crippen molar-refractivity contribution in [3.8, 4) is 11.3 Å². The monoisotopic (exact) mass is 316 g/mol. The molecule has 0 bridgehead atoms.